The summed E-state index contributed by atoms with van der Waals surface area (Å²) in [5, 5.41) is 11.6. The lowest BCUT2D eigenvalue weighted by Crippen LogP contribution is -2.40. The Labute approximate surface area is 91.6 Å². The number of carbonyl (C=O) groups excluding carboxylic acids is 1. The van der Waals surface area contributed by atoms with E-state index in [0.717, 1.165) is 0 Å². The van der Waals surface area contributed by atoms with Crippen LogP contribution in [0.1, 0.15) is 13.8 Å². The van der Waals surface area contributed by atoms with E-state index in [1.807, 2.05) is 13.8 Å². The molecule has 15 heavy (non-hydrogen) atoms. The predicted octanol–water partition coefficient (Wildman–Crippen LogP) is 0.770. The zero-order valence-electron chi connectivity index (χ0n) is 9.49. The molecule has 0 aliphatic rings. The molecule has 1 unspecified atom stereocenters. The molecular weight excluding hydrogens is 190 g/mol. The maximum Gasteiger partial charge on any atom is 0.236 e. The maximum atomic E-state index is 11.6. The second-order valence-electron chi connectivity index (χ2n) is 3.38. The van der Waals surface area contributed by atoms with E-state index >= 15 is 0 Å². The largest absolute Gasteiger partial charge is 0.341 e. The van der Waals surface area contributed by atoms with E-state index in [0.29, 0.717) is 26.2 Å². The van der Waals surface area contributed by atoms with E-state index in [-0.39, 0.29) is 11.8 Å². The molecule has 0 fully saturated rings. The number of rotatable bonds is 7. The van der Waals surface area contributed by atoms with Crippen LogP contribution in [0.25, 0.3) is 0 Å². The van der Waals surface area contributed by atoms with Gasteiger partial charge in [-0.15, -0.1) is 6.58 Å². The minimum atomic E-state index is -0.117. The van der Waals surface area contributed by atoms with Gasteiger partial charge in [-0.25, -0.2) is 0 Å². The maximum absolute atomic E-state index is 11.6. The predicted molar refractivity (Wildman–Crippen MR) is 60.1 cm³/mol. The zero-order chi connectivity index (χ0) is 11.7. The summed E-state index contributed by atoms with van der Waals surface area (Å²) in [6.07, 6.45) is 1.71. The molecule has 0 aliphatic heterocycles. The molecule has 0 aromatic rings. The summed E-state index contributed by atoms with van der Waals surface area (Å²) in [7, 11) is 0. The number of nitrogens with zero attached hydrogens (tertiary/aromatic N) is 2. The molecule has 0 saturated heterocycles. The number of carbonyl (C=O) groups is 1. The van der Waals surface area contributed by atoms with Gasteiger partial charge >= 0.3 is 0 Å². The Balaban J connectivity index is 3.99. The molecule has 0 bridgehead atoms. The minimum absolute atomic E-state index is 0.0291. The highest BCUT2D eigenvalue weighted by molar-refractivity contribution is 5.78. The Morgan fingerprint density at radius 3 is 2.87 bits per heavy atom. The molecule has 0 heterocycles. The van der Waals surface area contributed by atoms with Crippen molar-refractivity contribution in [3.8, 4) is 6.07 Å². The Kier molecular flexibility index (Phi) is 7.29. The van der Waals surface area contributed by atoms with Crippen molar-refractivity contribution >= 4 is 5.91 Å². The molecule has 0 aliphatic carbocycles. The van der Waals surface area contributed by atoms with Gasteiger partial charge in [0.25, 0.3) is 0 Å². The van der Waals surface area contributed by atoms with Crippen molar-refractivity contribution in [2.75, 3.05) is 26.2 Å². The van der Waals surface area contributed by atoms with Crippen molar-refractivity contribution in [1.29, 1.82) is 5.26 Å². The summed E-state index contributed by atoms with van der Waals surface area (Å²) < 4.78 is 0. The molecular formula is C11H19N3O. The molecule has 4 nitrogen and oxygen atoms in total. The number of likely N-dealkylation sites (N-methyl/N-ethyl adjacent to an activating group) is 1. The van der Waals surface area contributed by atoms with Crippen molar-refractivity contribution < 1.29 is 4.79 Å². The molecule has 84 valence electrons. The first kappa shape index (κ1) is 13.7. The van der Waals surface area contributed by atoms with Gasteiger partial charge in [0, 0.05) is 19.6 Å². The van der Waals surface area contributed by atoms with Crippen LogP contribution < -0.4 is 5.32 Å². The third-order valence-corrected chi connectivity index (χ3v) is 2.01. The van der Waals surface area contributed by atoms with Crippen LogP contribution in [0.5, 0.6) is 0 Å². The van der Waals surface area contributed by atoms with Gasteiger partial charge in [0.2, 0.25) is 5.91 Å². The second kappa shape index (κ2) is 8.01. The van der Waals surface area contributed by atoms with Crippen LogP contribution in [0.15, 0.2) is 12.7 Å². The fraction of sp³-hybridized carbons (Fsp3) is 0.636. The Bertz CT molecular complexity index is 245. The highest BCUT2D eigenvalue weighted by Crippen LogP contribution is 1.98. The van der Waals surface area contributed by atoms with Crippen LogP contribution in [0.3, 0.4) is 0 Å². The Morgan fingerprint density at radius 2 is 2.40 bits per heavy atom. The molecule has 1 N–H and O–H groups in total. The number of nitrogens with one attached hydrogen (secondary N) is 1. The number of hydrogen-bond acceptors (Lipinski definition) is 3. The fourth-order valence-electron chi connectivity index (χ4n) is 1.17. The SMILES string of the molecule is C=CCNCC(=O)N(CC)CC(C)C#N. The summed E-state index contributed by atoms with van der Waals surface area (Å²) in [6.45, 7) is 9.35. The van der Waals surface area contributed by atoms with Gasteiger partial charge in [-0.2, -0.15) is 5.26 Å². The van der Waals surface area contributed by atoms with E-state index in [1.165, 1.54) is 0 Å². The van der Waals surface area contributed by atoms with Crippen LogP contribution >= 0.6 is 0 Å². The van der Waals surface area contributed by atoms with Crippen molar-refractivity contribution in [3.05, 3.63) is 12.7 Å². The first-order valence-corrected chi connectivity index (χ1v) is 5.14. The first-order valence-electron chi connectivity index (χ1n) is 5.14. The van der Waals surface area contributed by atoms with Gasteiger partial charge in [0.1, 0.15) is 0 Å². The van der Waals surface area contributed by atoms with Crippen molar-refractivity contribution in [3.63, 3.8) is 0 Å². The van der Waals surface area contributed by atoms with E-state index < -0.39 is 0 Å². The summed E-state index contributed by atoms with van der Waals surface area (Å²) in [5.74, 6) is -0.0882. The van der Waals surface area contributed by atoms with Crippen LogP contribution in [-0.4, -0.2) is 37.0 Å². The summed E-state index contributed by atoms with van der Waals surface area (Å²) in [6, 6.07) is 2.12. The molecule has 0 saturated carbocycles. The summed E-state index contributed by atoms with van der Waals surface area (Å²) in [4.78, 5) is 13.3. The third kappa shape index (κ3) is 5.87. The fourth-order valence-corrected chi connectivity index (χ4v) is 1.17. The van der Waals surface area contributed by atoms with Crippen molar-refractivity contribution in [1.82, 2.24) is 10.2 Å². The normalized spacial score (nSPS) is 11.5. The topological polar surface area (TPSA) is 56.1 Å². The molecule has 0 aromatic heterocycles. The zero-order valence-corrected chi connectivity index (χ0v) is 9.49. The molecule has 0 radical (unpaired) electrons. The molecule has 0 rings (SSSR count). The quantitative estimate of drug-likeness (QED) is 0.498. The standard InChI is InChI=1S/C11H19N3O/c1-4-6-13-8-11(15)14(5-2)9-10(3)7-12/h4,10,13H,1,5-6,8-9H2,2-3H3. The monoisotopic (exact) mass is 209 g/mol. The van der Waals surface area contributed by atoms with Gasteiger partial charge in [0.05, 0.1) is 18.5 Å². The van der Waals surface area contributed by atoms with E-state index in [2.05, 4.69) is 18.0 Å². The number of nitriles is 1. The molecule has 4 heteroatoms. The average molecular weight is 209 g/mol. The van der Waals surface area contributed by atoms with Gasteiger partial charge < -0.3 is 10.2 Å². The second-order valence-corrected chi connectivity index (χ2v) is 3.38. The van der Waals surface area contributed by atoms with E-state index in [4.69, 9.17) is 5.26 Å². The van der Waals surface area contributed by atoms with Crippen LogP contribution in [0, 0.1) is 17.2 Å². The molecule has 0 aromatic carbocycles. The van der Waals surface area contributed by atoms with E-state index in [9.17, 15) is 4.79 Å². The lowest BCUT2D eigenvalue weighted by molar-refractivity contribution is -0.130. The highest BCUT2D eigenvalue weighted by atomic mass is 16.2. The van der Waals surface area contributed by atoms with Crippen molar-refractivity contribution in [2.45, 2.75) is 13.8 Å². The van der Waals surface area contributed by atoms with Gasteiger partial charge in [-0.3, -0.25) is 4.79 Å². The number of hydrogen-bond donors (Lipinski definition) is 1. The number of amides is 1. The molecule has 1 amide bonds. The Hall–Kier alpha value is -1.34. The smallest absolute Gasteiger partial charge is 0.236 e. The first-order chi connectivity index (χ1) is 7.15. The van der Waals surface area contributed by atoms with Gasteiger partial charge in [-0.1, -0.05) is 6.08 Å². The highest BCUT2D eigenvalue weighted by Gasteiger charge is 2.13. The van der Waals surface area contributed by atoms with Gasteiger partial charge in [0.15, 0.2) is 0 Å². The van der Waals surface area contributed by atoms with Gasteiger partial charge in [-0.05, 0) is 13.8 Å². The average Bonchev–Trinajstić information content (AvgIpc) is 2.25. The van der Waals surface area contributed by atoms with Crippen molar-refractivity contribution in [2.24, 2.45) is 5.92 Å². The summed E-state index contributed by atoms with van der Waals surface area (Å²) in [5.41, 5.74) is 0. The van der Waals surface area contributed by atoms with E-state index in [1.54, 1.807) is 11.0 Å². The molecule has 0 spiro atoms. The third-order valence-electron chi connectivity index (χ3n) is 2.01. The van der Waals surface area contributed by atoms with Crippen LogP contribution in [0.4, 0.5) is 0 Å². The molecule has 1 atom stereocenters. The lowest BCUT2D eigenvalue weighted by Gasteiger charge is -2.21. The summed E-state index contributed by atoms with van der Waals surface area (Å²) >= 11 is 0. The minimum Gasteiger partial charge on any atom is -0.341 e. The lowest BCUT2D eigenvalue weighted by atomic mass is 10.2. The Morgan fingerprint density at radius 1 is 1.73 bits per heavy atom. The van der Waals surface area contributed by atoms with Crippen LogP contribution in [0.2, 0.25) is 0 Å². The van der Waals surface area contributed by atoms with Crippen LogP contribution in [-0.2, 0) is 4.79 Å².